The number of rotatable bonds is 3. The van der Waals surface area contributed by atoms with Gasteiger partial charge in [-0.1, -0.05) is 13.8 Å². The van der Waals surface area contributed by atoms with Gasteiger partial charge in [-0.25, -0.2) is 0 Å². The Hall–Kier alpha value is -0.570. The minimum absolute atomic E-state index is 0.142. The molecule has 1 aliphatic rings. The van der Waals surface area contributed by atoms with E-state index in [-0.39, 0.29) is 11.9 Å². The number of hydrogen-bond donors (Lipinski definition) is 1. The largest absolute Gasteiger partial charge is 0.339 e. The van der Waals surface area contributed by atoms with Crippen molar-refractivity contribution >= 4 is 5.91 Å². The predicted molar refractivity (Wildman–Crippen MR) is 57.8 cm³/mol. The Bertz CT molecular complexity index is 203. The van der Waals surface area contributed by atoms with Crippen molar-refractivity contribution in [2.24, 2.45) is 11.7 Å². The van der Waals surface area contributed by atoms with E-state index in [9.17, 15) is 4.79 Å². The fourth-order valence-corrected chi connectivity index (χ4v) is 2.08. The molecule has 1 unspecified atom stereocenters. The minimum Gasteiger partial charge on any atom is -0.339 e. The van der Waals surface area contributed by atoms with E-state index in [0.717, 1.165) is 25.8 Å². The summed E-state index contributed by atoms with van der Waals surface area (Å²) in [5, 5.41) is 0. The van der Waals surface area contributed by atoms with Gasteiger partial charge in [0.25, 0.3) is 0 Å². The van der Waals surface area contributed by atoms with Crippen molar-refractivity contribution in [3.05, 3.63) is 0 Å². The zero-order chi connectivity index (χ0) is 10.7. The first-order chi connectivity index (χ1) is 6.52. The molecule has 0 radical (unpaired) electrons. The summed E-state index contributed by atoms with van der Waals surface area (Å²) in [6, 6.07) is 0.0938. The smallest absolute Gasteiger partial charge is 0.239 e. The third-order valence-electron chi connectivity index (χ3n) is 2.88. The van der Waals surface area contributed by atoms with Gasteiger partial charge in [0.05, 0.1) is 6.04 Å². The van der Waals surface area contributed by atoms with Crippen LogP contribution in [0.3, 0.4) is 0 Å². The lowest BCUT2D eigenvalue weighted by Gasteiger charge is -2.25. The molecule has 0 bridgehead atoms. The molecule has 2 atom stereocenters. The molecule has 0 aromatic rings. The van der Waals surface area contributed by atoms with Gasteiger partial charge in [0, 0.05) is 12.6 Å². The lowest BCUT2D eigenvalue weighted by Crippen LogP contribution is -2.45. The van der Waals surface area contributed by atoms with Crippen LogP contribution in [0.4, 0.5) is 0 Å². The number of amides is 1. The zero-order valence-electron chi connectivity index (χ0n) is 9.49. The van der Waals surface area contributed by atoms with Crippen molar-refractivity contribution < 1.29 is 4.79 Å². The molecule has 1 rings (SSSR count). The molecule has 0 spiro atoms. The molecule has 3 nitrogen and oxygen atoms in total. The van der Waals surface area contributed by atoms with Crippen LogP contribution in [0.1, 0.15) is 40.0 Å². The Morgan fingerprint density at radius 2 is 2.21 bits per heavy atom. The van der Waals surface area contributed by atoms with Gasteiger partial charge in [-0.15, -0.1) is 0 Å². The molecular formula is C11H22N2O. The molecule has 0 aromatic carbocycles. The third-order valence-corrected chi connectivity index (χ3v) is 2.88. The second-order valence-electron chi connectivity index (χ2n) is 4.76. The first kappa shape index (κ1) is 11.5. The molecule has 1 heterocycles. The van der Waals surface area contributed by atoms with E-state index in [4.69, 9.17) is 5.73 Å². The van der Waals surface area contributed by atoms with Crippen LogP contribution in [0.25, 0.3) is 0 Å². The van der Waals surface area contributed by atoms with Gasteiger partial charge in [0.1, 0.15) is 0 Å². The maximum Gasteiger partial charge on any atom is 0.239 e. The highest BCUT2D eigenvalue weighted by atomic mass is 16.2. The second-order valence-corrected chi connectivity index (χ2v) is 4.76. The molecule has 1 fully saturated rings. The highest BCUT2D eigenvalue weighted by molar-refractivity contribution is 5.82. The molecule has 82 valence electrons. The molecule has 0 aromatic heterocycles. The summed E-state index contributed by atoms with van der Waals surface area (Å²) in [7, 11) is 0. The fourth-order valence-electron chi connectivity index (χ4n) is 2.08. The van der Waals surface area contributed by atoms with Gasteiger partial charge in [-0.05, 0) is 32.1 Å². The Morgan fingerprint density at radius 3 is 2.64 bits per heavy atom. The van der Waals surface area contributed by atoms with Crippen molar-refractivity contribution in [1.29, 1.82) is 0 Å². The number of hydrogen-bond acceptors (Lipinski definition) is 2. The number of likely N-dealkylation sites (tertiary alicyclic amines) is 1. The molecule has 0 saturated carbocycles. The van der Waals surface area contributed by atoms with Gasteiger partial charge < -0.3 is 10.6 Å². The van der Waals surface area contributed by atoms with E-state index >= 15 is 0 Å². The minimum atomic E-state index is -0.296. The monoisotopic (exact) mass is 198 g/mol. The van der Waals surface area contributed by atoms with Gasteiger partial charge in [-0.2, -0.15) is 0 Å². The Morgan fingerprint density at radius 1 is 1.57 bits per heavy atom. The molecular weight excluding hydrogens is 176 g/mol. The van der Waals surface area contributed by atoms with Crippen molar-refractivity contribution in [3.8, 4) is 0 Å². The van der Waals surface area contributed by atoms with Crippen LogP contribution in [-0.2, 0) is 4.79 Å². The van der Waals surface area contributed by atoms with Crippen LogP contribution in [0.15, 0.2) is 0 Å². The molecule has 14 heavy (non-hydrogen) atoms. The third kappa shape index (κ3) is 2.71. The van der Waals surface area contributed by atoms with Crippen LogP contribution in [-0.4, -0.2) is 29.4 Å². The summed E-state index contributed by atoms with van der Waals surface area (Å²) < 4.78 is 0. The highest BCUT2D eigenvalue weighted by Crippen LogP contribution is 2.18. The second kappa shape index (κ2) is 4.78. The predicted octanol–water partition coefficient (Wildman–Crippen LogP) is 1.37. The molecule has 3 heteroatoms. The standard InChI is InChI=1S/C11H22N2O/c1-8(2)7-10(12)11(14)13-6-4-5-9(13)3/h8-10H,4-7,12H2,1-3H3/t9?,10-/m1/s1. The van der Waals surface area contributed by atoms with Crippen molar-refractivity contribution in [1.82, 2.24) is 4.90 Å². The van der Waals surface area contributed by atoms with Crippen LogP contribution >= 0.6 is 0 Å². The maximum atomic E-state index is 11.9. The van der Waals surface area contributed by atoms with Crippen molar-refractivity contribution in [2.45, 2.75) is 52.1 Å². The average molecular weight is 198 g/mol. The summed E-state index contributed by atoms with van der Waals surface area (Å²) in [6.07, 6.45) is 3.05. The van der Waals surface area contributed by atoms with Crippen molar-refractivity contribution in [2.75, 3.05) is 6.54 Å². The van der Waals surface area contributed by atoms with E-state index in [0.29, 0.717) is 12.0 Å². The summed E-state index contributed by atoms with van der Waals surface area (Å²) in [5.74, 6) is 0.635. The van der Waals surface area contributed by atoms with Crippen LogP contribution in [0.5, 0.6) is 0 Å². The normalized spacial score (nSPS) is 24.4. The number of carbonyl (C=O) groups is 1. The average Bonchev–Trinajstić information content (AvgIpc) is 2.48. The Labute approximate surface area is 86.6 Å². The molecule has 2 N–H and O–H groups in total. The van der Waals surface area contributed by atoms with Crippen LogP contribution in [0, 0.1) is 5.92 Å². The lowest BCUT2D eigenvalue weighted by atomic mass is 10.0. The van der Waals surface area contributed by atoms with E-state index in [2.05, 4.69) is 20.8 Å². The summed E-state index contributed by atoms with van der Waals surface area (Å²) >= 11 is 0. The van der Waals surface area contributed by atoms with E-state index < -0.39 is 0 Å². The van der Waals surface area contributed by atoms with Crippen LogP contribution < -0.4 is 5.73 Å². The topological polar surface area (TPSA) is 46.3 Å². The first-order valence-electron chi connectivity index (χ1n) is 5.58. The van der Waals surface area contributed by atoms with Gasteiger partial charge >= 0.3 is 0 Å². The fraction of sp³-hybridized carbons (Fsp3) is 0.909. The van der Waals surface area contributed by atoms with E-state index in [1.54, 1.807) is 0 Å². The highest BCUT2D eigenvalue weighted by Gasteiger charge is 2.28. The molecule has 0 aliphatic carbocycles. The number of nitrogens with two attached hydrogens (primary N) is 1. The maximum absolute atomic E-state index is 11.9. The summed E-state index contributed by atoms with van der Waals surface area (Å²) in [4.78, 5) is 13.8. The SMILES string of the molecule is CC(C)C[C@@H](N)C(=O)N1CCCC1C. The number of nitrogens with zero attached hydrogens (tertiary/aromatic N) is 1. The van der Waals surface area contributed by atoms with E-state index in [1.807, 2.05) is 4.90 Å². The molecule has 1 amide bonds. The zero-order valence-corrected chi connectivity index (χ0v) is 9.49. The van der Waals surface area contributed by atoms with Gasteiger partial charge in [0.2, 0.25) is 5.91 Å². The first-order valence-corrected chi connectivity index (χ1v) is 5.58. The van der Waals surface area contributed by atoms with Gasteiger partial charge in [-0.3, -0.25) is 4.79 Å². The molecule has 1 aliphatic heterocycles. The van der Waals surface area contributed by atoms with Crippen LogP contribution in [0.2, 0.25) is 0 Å². The summed E-state index contributed by atoms with van der Waals surface area (Å²) in [5.41, 5.74) is 5.87. The lowest BCUT2D eigenvalue weighted by molar-refractivity contribution is -0.133. The van der Waals surface area contributed by atoms with E-state index in [1.165, 1.54) is 0 Å². The Kier molecular flexibility index (Phi) is 3.93. The summed E-state index contributed by atoms with van der Waals surface area (Å²) in [6.45, 7) is 7.19. The van der Waals surface area contributed by atoms with Crippen molar-refractivity contribution in [3.63, 3.8) is 0 Å². The quantitative estimate of drug-likeness (QED) is 0.744. The Balaban J connectivity index is 2.47. The molecule has 1 saturated heterocycles. The van der Waals surface area contributed by atoms with Gasteiger partial charge in [0.15, 0.2) is 0 Å². The number of carbonyl (C=O) groups excluding carboxylic acids is 1.